The molecule has 0 atom stereocenters. The zero-order valence-electron chi connectivity index (χ0n) is 26.6. The SMILES string of the molecule is COc1ccc(Nc2ncc(Br)cc2C(=O)Nc2ccccc2)cc1F.O=C(Nc1ccccc1)c1cc(Br)cnc1Nc1ccc(O)c(F)c1. The highest BCUT2D eigenvalue weighted by Crippen LogP contribution is 2.28. The number of aromatic hydroxyl groups is 1. The van der Waals surface area contributed by atoms with Gasteiger partial charge in [0, 0.05) is 56.2 Å². The molecule has 0 aliphatic carbocycles. The predicted molar refractivity (Wildman–Crippen MR) is 200 cm³/mol. The van der Waals surface area contributed by atoms with Gasteiger partial charge in [0.05, 0.1) is 18.2 Å². The van der Waals surface area contributed by atoms with Crippen LogP contribution in [-0.2, 0) is 0 Å². The Morgan fingerprint density at radius 3 is 1.51 bits per heavy atom. The molecule has 0 radical (unpaired) electrons. The molecule has 2 aromatic heterocycles. The highest BCUT2D eigenvalue weighted by Gasteiger charge is 2.16. The second-order valence-corrected chi connectivity index (χ2v) is 12.3. The number of carbonyl (C=O) groups is 2. The molecule has 51 heavy (non-hydrogen) atoms. The molecule has 6 aromatic rings. The molecule has 0 bridgehead atoms. The molecule has 4 aromatic carbocycles. The number of amides is 2. The number of nitrogens with zero attached hydrogens (tertiary/aromatic N) is 2. The van der Waals surface area contributed by atoms with Gasteiger partial charge in [-0.2, -0.15) is 0 Å². The first kappa shape index (κ1) is 36.4. The Kier molecular flexibility index (Phi) is 12.3. The molecule has 2 heterocycles. The summed E-state index contributed by atoms with van der Waals surface area (Å²) < 4.78 is 33.6. The fourth-order valence-electron chi connectivity index (χ4n) is 4.47. The number of aromatic nitrogens is 2. The summed E-state index contributed by atoms with van der Waals surface area (Å²) in [7, 11) is 1.40. The maximum absolute atomic E-state index is 13.9. The molecular formula is C37H28Br2F2N6O4. The van der Waals surface area contributed by atoms with Crippen molar-refractivity contribution in [3.05, 3.63) is 153 Å². The van der Waals surface area contributed by atoms with Gasteiger partial charge in [-0.25, -0.2) is 18.7 Å². The number of phenolic OH excluding ortho intramolecular Hbond substituents is 1. The number of carbonyl (C=O) groups excluding carboxylic acids is 2. The van der Waals surface area contributed by atoms with E-state index >= 15 is 0 Å². The van der Waals surface area contributed by atoms with E-state index in [9.17, 15) is 23.5 Å². The number of nitrogens with one attached hydrogen (secondary N) is 4. The Bertz CT molecular complexity index is 2160. The number of hydrogen-bond donors (Lipinski definition) is 5. The lowest BCUT2D eigenvalue weighted by Gasteiger charge is -2.12. The molecule has 0 fully saturated rings. The minimum Gasteiger partial charge on any atom is -0.505 e. The summed E-state index contributed by atoms with van der Waals surface area (Å²) in [6.07, 6.45) is 3.08. The fraction of sp³-hybridized carbons (Fsp3) is 0.0270. The van der Waals surface area contributed by atoms with Crippen LogP contribution in [0.15, 0.2) is 131 Å². The smallest absolute Gasteiger partial charge is 0.259 e. The van der Waals surface area contributed by atoms with E-state index in [0.717, 1.165) is 6.07 Å². The van der Waals surface area contributed by atoms with Gasteiger partial charge in [-0.3, -0.25) is 9.59 Å². The first-order chi connectivity index (χ1) is 24.6. The number of para-hydroxylation sites is 2. The third-order valence-corrected chi connectivity index (χ3v) is 7.75. The maximum Gasteiger partial charge on any atom is 0.259 e. The van der Waals surface area contributed by atoms with Crippen molar-refractivity contribution in [2.75, 3.05) is 28.4 Å². The lowest BCUT2D eigenvalue weighted by Crippen LogP contribution is -2.14. The average Bonchev–Trinajstić information content (AvgIpc) is 3.12. The van der Waals surface area contributed by atoms with Crippen molar-refractivity contribution in [2.24, 2.45) is 0 Å². The molecule has 5 N–H and O–H groups in total. The third kappa shape index (κ3) is 10.1. The van der Waals surface area contributed by atoms with Crippen LogP contribution >= 0.6 is 31.9 Å². The molecule has 2 amide bonds. The number of phenols is 1. The predicted octanol–water partition coefficient (Wildman–Crippen LogP) is 9.67. The summed E-state index contributed by atoms with van der Waals surface area (Å²) in [6, 6.07) is 29.6. The van der Waals surface area contributed by atoms with Crippen LogP contribution in [0.4, 0.5) is 43.2 Å². The van der Waals surface area contributed by atoms with Gasteiger partial charge >= 0.3 is 0 Å². The maximum atomic E-state index is 13.9. The highest BCUT2D eigenvalue weighted by molar-refractivity contribution is 9.10. The monoisotopic (exact) mass is 816 g/mol. The fourth-order valence-corrected chi connectivity index (χ4v) is 5.13. The van der Waals surface area contributed by atoms with Crippen molar-refractivity contribution in [1.82, 2.24) is 9.97 Å². The van der Waals surface area contributed by atoms with Gasteiger partial charge in [0.2, 0.25) is 0 Å². The second-order valence-electron chi connectivity index (χ2n) is 10.5. The van der Waals surface area contributed by atoms with Gasteiger partial charge in [-0.1, -0.05) is 36.4 Å². The number of benzene rings is 4. The molecule has 0 saturated carbocycles. The molecule has 10 nitrogen and oxygen atoms in total. The quantitative estimate of drug-likeness (QED) is 0.0911. The number of hydrogen-bond acceptors (Lipinski definition) is 8. The minimum absolute atomic E-state index is 0.140. The van der Waals surface area contributed by atoms with Crippen LogP contribution in [-0.4, -0.2) is 34.0 Å². The molecule has 0 aliphatic heterocycles. The van der Waals surface area contributed by atoms with E-state index in [1.165, 1.54) is 37.6 Å². The number of ether oxygens (including phenoxy) is 1. The Morgan fingerprint density at radius 1 is 0.627 bits per heavy atom. The van der Waals surface area contributed by atoms with E-state index in [0.29, 0.717) is 43.1 Å². The van der Waals surface area contributed by atoms with Crippen LogP contribution in [0.25, 0.3) is 0 Å². The van der Waals surface area contributed by atoms with Crippen LogP contribution < -0.4 is 26.0 Å². The second kappa shape index (κ2) is 17.2. The molecule has 14 heteroatoms. The summed E-state index contributed by atoms with van der Waals surface area (Å²) in [5.41, 5.74) is 2.73. The van der Waals surface area contributed by atoms with Crippen LogP contribution in [0.1, 0.15) is 20.7 Å². The molecular weight excluding hydrogens is 790 g/mol. The van der Waals surface area contributed by atoms with Crippen molar-refractivity contribution in [3.8, 4) is 11.5 Å². The van der Waals surface area contributed by atoms with Crippen LogP contribution in [0.5, 0.6) is 11.5 Å². The van der Waals surface area contributed by atoms with Gasteiger partial charge in [0.25, 0.3) is 11.8 Å². The van der Waals surface area contributed by atoms with Crippen molar-refractivity contribution in [2.45, 2.75) is 0 Å². The largest absolute Gasteiger partial charge is 0.505 e. The molecule has 0 spiro atoms. The van der Waals surface area contributed by atoms with E-state index in [4.69, 9.17) is 4.74 Å². The number of halogens is 4. The standard InChI is InChI=1S/C19H15BrFN3O2.C18H13BrFN3O2/c1-26-17-8-7-14(10-16(17)21)23-18-15(9-12(20)11-22-18)19(25)24-13-5-3-2-4-6-13;19-11-8-14(18(25)23-12-4-2-1-3-5-12)17(21-10-11)22-13-6-7-16(24)15(20)9-13/h2-11H,1H3,(H,22,23)(H,24,25);1-10,24H,(H,21,22)(H,23,25). The van der Waals surface area contributed by atoms with Gasteiger partial charge in [0.1, 0.15) is 11.6 Å². The molecule has 0 unspecified atom stereocenters. The van der Waals surface area contributed by atoms with Crippen LogP contribution in [0.3, 0.4) is 0 Å². The van der Waals surface area contributed by atoms with E-state index in [1.807, 2.05) is 36.4 Å². The lowest BCUT2D eigenvalue weighted by atomic mass is 10.2. The zero-order valence-corrected chi connectivity index (χ0v) is 29.8. The molecule has 0 saturated heterocycles. The van der Waals surface area contributed by atoms with E-state index in [2.05, 4.69) is 63.1 Å². The first-order valence-corrected chi connectivity index (χ1v) is 16.6. The molecule has 0 aliphatic rings. The van der Waals surface area contributed by atoms with Crippen molar-refractivity contribution in [3.63, 3.8) is 0 Å². The highest BCUT2D eigenvalue weighted by atomic mass is 79.9. The van der Waals surface area contributed by atoms with E-state index in [-0.39, 0.29) is 28.9 Å². The summed E-state index contributed by atoms with van der Waals surface area (Å²) >= 11 is 6.61. The Hall–Kier alpha value is -5.86. The van der Waals surface area contributed by atoms with Crippen LogP contribution in [0.2, 0.25) is 0 Å². The Labute approximate surface area is 308 Å². The normalized spacial score (nSPS) is 10.3. The summed E-state index contributed by atoms with van der Waals surface area (Å²) in [5.74, 6) is -1.70. The van der Waals surface area contributed by atoms with Crippen LogP contribution in [0, 0.1) is 11.6 Å². The number of pyridine rings is 2. The van der Waals surface area contributed by atoms with Gasteiger partial charge in [0.15, 0.2) is 23.1 Å². The van der Waals surface area contributed by atoms with Crippen molar-refractivity contribution in [1.29, 1.82) is 0 Å². The average molecular weight is 818 g/mol. The summed E-state index contributed by atoms with van der Waals surface area (Å²) in [5, 5.41) is 20.7. The van der Waals surface area contributed by atoms with Gasteiger partial charge in [-0.15, -0.1) is 0 Å². The zero-order chi connectivity index (χ0) is 36.3. The van der Waals surface area contributed by atoms with Gasteiger partial charge < -0.3 is 31.1 Å². The summed E-state index contributed by atoms with van der Waals surface area (Å²) in [4.78, 5) is 33.6. The van der Waals surface area contributed by atoms with Crippen molar-refractivity contribution < 1.29 is 28.2 Å². The topological polar surface area (TPSA) is 138 Å². The number of methoxy groups -OCH3 is 1. The minimum atomic E-state index is -0.766. The molecule has 258 valence electrons. The summed E-state index contributed by atoms with van der Waals surface area (Å²) in [6.45, 7) is 0. The lowest BCUT2D eigenvalue weighted by molar-refractivity contribution is 0.101. The molecule has 6 rings (SSSR count). The Morgan fingerprint density at radius 2 is 1.08 bits per heavy atom. The Balaban J connectivity index is 0.000000198. The third-order valence-electron chi connectivity index (χ3n) is 6.89. The number of rotatable bonds is 9. The first-order valence-electron chi connectivity index (χ1n) is 15.0. The van der Waals surface area contributed by atoms with E-state index < -0.39 is 17.4 Å². The van der Waals surface area contributed by atoms with Crippen molar-refractivity contribution >= 4 is 78.1 Å². The number of anilines is 6. The van der Waals surface area contributed by atoms with Gasteiger partial charge in [-0.05, 0) is 92.5 Å². The van der Waals surface area contributed by atoms with E-state index in [1.54, 1.807) is 48.7 Å².